The molecule has 0 saturated carbocycles. The number of likely N-dealkylation sites (N-methyl/N-ethyl adjacent to an activating group) is 1. The quantitative estimate of drug-likeness (QED) is 0.834. The number of halogens is 1. The van der Waals surface area contributed by atoms with Gasteiger partial charge in [-0.05, 0) is 37.1 Å². The second-order valence-electron chi connectivity index (χ2n) is 4.91. The van der Waals surface area contributed by atoms with Crippen LogP contribution in [0.2, 0.25) is 0 Å². The first-order valence-electron chi connectivity index (χ1n) is 6.96. The van der Waals surface area contributed by atoms with Crippen molar-refractivity contribution in [1.82, 2.24) is 5.32 Å². The van der Waals surface area contributed by atoms with Gasteiger partial charge < -0.3 is 14.8 Å². The third kappa shape index (κ3) is 5.22. The molecule has 106 valence electrons. The molecule has 2 atom stereocenters. The van der Waals surface area contributed by atoms with Gasteiger partial charge in [0.15, 0.2) is 0 Å². The highest BCUT2D eigenvalue weighted by molar-refractivity contribution is 9.10. The van der Waals surface area contributed by atoms with Gasteiger partial charge in [-0.2, -0.15) is 0 Å². The molecule has 2 unspecified atom stereocenters. The number of rotatable bonds is 7. The van der Waals surface area contributed by atoms with Gasteiger partial charge in [-0.15, -0.1) is 0 Å². The summed E-state index contributed by atoms with van der Waals surface area (Å²) in [7, 11) is 0. The van der Waals surface area contributed by atoms with E-state index in [1.165, 1.54) is 5.56 Å². The van der Waals surface area contributed by atoms with Crippen LogP contribution in [0.1, 0.15) is 25.3 Å². The first-order valence-corrected chi connectivity index (χ1v) is 7.75. The van der Waals surface area contributed by atoms with Gasteiger partial charge in [-0.3, -0.25) is 0 Å². The fourth-order valence-corrected chi connectivity index (χ4v) is 2.74. The van der Waals surface area contributed by atoms with E-state index in [2.05, 4.69) is 40.3 Å². The van der Waals surface area contributed by atoms with Crippen molar-refractivity contribution < 1.29 is 9.47 Å². The van der Waals surface area contributed by atoms with Gasteiger partial charge in [0, 0.05) is 11.0 Å². The lowest BCUT2D eigenvalue weighted by atomic mass is 10.2. The Balaban J connectivity index is 1.64. The summed E-state index contributed by atoms with van der Waals surface area (Å²) in [4.78, 5) is 0. The van der Waals surface area contributed by atoms with Crippen molar-refractivity contribution in [3.8, 4) is 0 Å². The zero-order valence-electron chi connectivity index (χ0n) is 11.4. The monoisotopic (exact) mass is 327 g/mol. The van der Waals surface area contributed by atoms with E-state index in [0.29, 0.717) is 19.3 Å². The van der Waals surface area contributed by atoms with E-state index in [1.807, 2.05) is 12.1 Å². The first-order chi connectivity index (χ1) is 9.28. The number of ether oxygens (including phenoxy) is 2. The van der Waals surface area contributed by atoms with Gasteiger partial charge >= 0.3 is 0 Å². The van der Waals surface area contributed by atoms with Gasteiger partial charge in [-0.1, -0.05) is 35.0 Å². The Bertz CT molecular complexity index is 386. The highest BCUT2D eigenvalue weighted by Gasteiger charge is 2.24. The molecule has 1 fully saturated rings. The molecule has 1 aliphatic heterocycles. The van der Waals surface area contributed by atoms with E-state index in [0.717, 1.165) is 30.4 Å². The Kier molecular flexibility index (Phi) is 6.31. The average molecular weight is 328 g/mol. The SMILES string of the molecule is CCNCC1CCC(COCc2cccc(Br)c2)O1. The Morgan fingerprint density at radius 2 is 2.21 bits per heavy atom. The maximum absolute atomic E-state index is 5.93. The topological polar surface area (TPSA) is 30.5 Å². The first kappa shape index (κ1) is 15.0. The number of benzene rings is 1. The van der Waals surface area contributed by atoms with E-state index < -0.39 is 0 Å². The van der Waals surface area contributed by atoms with Crippen LogP contribution in [0.3, 0.4) is 0 Å². The lowest BCUT2D eigenvalue weighted by molar-refractivity contribution is -0.0188. The molecule has 1 aromatic rings. The van der Waals surface area contributed by atoms with Crippen molar-refractivity contribution in [3.63, 3.8) is 0 Å². The minimum atomic E-state index is 0.260. The molecule has 1 aliphatic rings. The Hall–Kier alpha value is -0.420. The summed E-state index contributed by atoms with van der Waals surface area (Å²) in [6.45, 7) is 5.42. The molecule has 0 aliphatic carbocycles. The van der Waals surface area contributed by atoms with Crippen molar-refractivity contribution in [2.75, 3.05) is 19.7 Å². The maximum atomic E-state index is 5.93. The lowest BCUT2D eigenvalue weighted by Gasteiger charge is -2.14. The maximum Gasteiger partial charge on any atom is 0.0814 e. The van der Waals surface area contributed by atoms with Crippen LogP contribution in [0.15, 0.2) is 28.7 Å². The smallest absolute Gasteiger partial charge is 0.0814 e. The molecule has 1 N–H and O–H groups in total. The van der Waals surface area contributed by atoms with Gasteiger partial charge in [-0.25, -0.2) is 0 Å². The Morgan fingerprint density at radius 1 is 1.37 bits per heavy atom. The third-order valence-corrected chi connectivity index (χ3v) is 3.77. The zero-order chi connectivity index (χ0) is 13.5. The van der Waals surface area contributed by atoms with Gasteiger partial charge in [0.05, 0.1) is 25.4 Å². The minimum Gasteiger partial charge on any atom is -0.374 e. The summed E-state index contributed by atoms with van der Waals surface area (Å²) >= 11 is 3.47. The highest BCUT2D eigenvalue weighted by atomic mass is 79.9. The number of hydrogen-bond acceptors (Lipinski definition) is 3. The van der Waals surface area contributed by atoms with E-state index in [-0.39, 0.29) is 6.10 Å². The van der Waals surface area contributed by atoms with Crippen LogP contribution in [0, 0.1) is 0 Å². The highest BCUT2D eigenvalue weighted by Crippen LogP contribution is 2.20. The van der Waals surface area contributed by atoms with Gasteiger partial charge in [0.1, 0.15) is 0 Å². The minimum absolute atomic E-state index is 0.260. The standard InChI is InChI=1S/C15H22BrNO2/c1-2-17-9-14-6-7-15(19-14)11-18-10-12-4-3-5-13(16)8-12/h3-5,8,14-15,17H,2,6-7,9-11H2,1H3. The largest absolute Gasteiger partial charge is 0.374 e. The van der Waals surface area contributed by atoms with Crippen molar-refractivity contribution >= 4 is 15.9 Å². The van der Waals surface area contributed by atoms with Crippen LogP contribution in [-0.4, -0.2) is 31.9 Å². The fourth-order valence-electron chi connectivity index (χ4n) is 2.29. The van der Waals surface area contributed by atoms with E-state index in [1.54, 1.807) is 0 Å². The summed E-state index contributed by atoms with van der Waals surface area (Å²) in [5.74, 6) is 0. The molecule has 2 rings (SSSR count). The molecule has 1 saturated heterocycles. The van der Waals surface area contributed by atoms with Crippen LogP contribution in [-0.2, 0) is 16.1 Å². The summed E-state index contributed by atoms with van der Waals surface area (Å²) < 4.78 is 12.8. The molecule has 4 heteroatoms. The molecule has 19 heavy (non-hydrogen) atoms. The molecule has 3 nitrogen and oxygen atoms in total. The molecule has 0 bridgehead atoms. The molecule has 0 spiro atoms. The summed E-state index contributed by atoms with van der Waals surface area (Å²) in [5.41, 5.74) is 1.19. The van der Waals surface area contributed by atoms with E-state index in [9.17, 15) is 0 Å². The van der Waals surface area contributed by atoms with Crippen molar-refractivity contribution in [1.29, 1.82) is 0 Å². The summed E-state index contributed by atoms with van der Waals surface area (Å²) in [5, 5.41) is 3.33. The van der Waals surface area contributed by atoms with Crippen LogP contribution in [0.5, 0.6) is 0 Å². The van der Waals surface area contributed by atoms with Crippen LogP contribution >= 0.6 is 15.9 Å². The second-order valence-corrected chi connectivity index (χ2v) is 5.83. The van der Waals surface area contributed by atoms with Gasteiger partial charge in [0.2, 0.25) is 0 Å². The van der Waals surface area contributed by atoms with Crippen molar-refractivity contribution in [3.05, 3.63) is 34.3 Å². The molecular weight excluding hydrogens is 306 g/mol. The normalized spacial score (nSPS) is 22.8. The number of nitrogens with one attached hydrogen (secondary N) is 1. The van der Waals surface area contributed by atoms with Crippen molar-refractivity contribution in [2.45, 2.75) is 38.6 Å². The molecule has 1 heterocycles. The Labute approximate surface area is 123 Å². The lowest BCUT2D eigenvalue weighted by Crippen LogP contribution is -2.27. The van der Waals surface area contributed by atoms with Crippen LogP contribution in [0.25, 0.3) is 0 Å². The zero-order valence-corrected chi connectivity index (χ0v) is 13.0. The molecular formula is C15H22BrNO2. The summed E-state index contributed by atoms with van der Waals surface area (Å²) in [6, 6.07) is 8.22. The predicted molar refractivity (Wildman–Crippen MR) is 80.2 cm³/mol. The third-order valence-electron chi connectivity index (χ3n) is 3.28. The van der Waals surface area contributed by atoms with Gasteiger partial charge in [0.25, 0.3) is 0 Å². The predicted octanol–water partition coefficient (Wildman–Crippen LogP) is 3.12. The second kappa shape index (κ2) is 8.00. The van der Waals surface area contributed by atoms with Crippen LogP contribution < -0.4 is 5.32 Å². The van der Waals surface area contributed by atoms with Crippen LogP contribution in [0.4, 0.5) is 0 Å². The van der Waals surface area contributed by atoms with Crippen molar-refractivity contribution in [2.24, 2.45) is 0 Å². The summed E-state index contributed by atoms with van der Waals surface area (Å²) in [6.07, 6.45) is 2.86. The average Bonchev–Trinajstić information content (AvgIpc) is 2.84. The van der Waals surface area contributed by atoms with E-state index >= 15 is 0 Å². The fraction of sp³-hybridized carbons (Fsp3) is 0.600. The molecule has 0 amide bonds. The number of hydrogen-bond donors (Lipinski definition) is 1. The molecule has 0 radical (unpaired) electrons. The van der Waals surface area contributed by atoms with E-state index in [4.69, 9.17) is 9.47 Å². The molecule has 1 aromatic carbocycles. The molecule has 0 aromatic heterocycles. The Morgan fingerprint density at radius 3 is 3.00 bits per heavy atom.